The lowest BCUT2D eigenvalue weighted by atomic mass is 10.1. The van der Waals surface area contributed by atoms with Gasteiger partial charge in [-0.25, -0.2) is 0 Å². The molecule has 0 aliphatic carbocycles. The Morgan fingerprint density at radius 1 is 1.15 bits per heavy atom. The van der Waals surface area contributed by atoms with Crippen molar-refractivity contribution in [3.05, 3.63) is 46.4 Å². The molecule has 0 aliphatic heterocycles. The lowest BCUT2D eigenvalue weighted by Crippen LogP contribution is -2.05. The second-order valence-electron chi connectivity index (χ2n) is 4.77. The van der Waals surface area contributed by atoms with Crippen molar-refractivity contribution in [1.29, 1.82) is 0 Å². The molecule has 2 heterocycles. The Morgan fingerprint density at radius 3 is 2.70 bits per heavy atom. The van der Waals surface area contributed by atoms with Crippen LogP contribution >= 0.6 is 11.6 Å². The summed E-state index contributed by atoms with van der Waals surface area (Å²) in [5.74, 6) is 1.26. The highest BCUT2D eigenvalue weighted by Gasteiger charge is 2.12. The van der Waals surface area contributed by atoms with Gasteiger partial charge in [-0.2, -0.15) is 19.6 Å². The van der Waals surface area contributed by atoms with Crippen molar-refractivity contribution in [3.63, 3.8) is 0 Å². The van der Waals surface area contributed by atoms with E-state index in [1.807, 2.05) is 13.0 Å². The summed E-state index contributed by atoms with van der Waals surface area (Å²) < 4.78 is 1.65. The molecule has 6 heteroatoms. The van der Waals surface area contributed by atoms with E-state index in [0.29, 0.717) is 10.9 Å². The molecule has 0 radical (unpaired) electrons. The van der Waals surface area contributed by atoms with Crippen LogP contribution in [0, 0.1) is 20.8 Å². The largest absolute Gasteiger partial charge is 0.340 e. The van der Waals surface area contributed by atoms with Gasteiger partial charge in [0.15, 0.2) is 0 Å². The van der Waals surface area contributed by atoms with Gasteiger partial charge in [-0.1, -0.05) is 17.7 Å². The molecule has 5 nitrogen and oxygen atoms in total. The minimum Gasteiger partial charge on any atom is -0.340 e. The van der Waals surface area contributed by atoms with Gasteiger partial charge >= 0.3 is 0 Å². The monoisotopic (exact) mass is 287 g/mol. The molecule has 1 N–H and O–H groups in total. The van der Waals surface area contributed by atoms with Crippen molar-refractivity contribution in [2.45, 2.75) is 20.8 Å². The summed E-state index contributed by atoms with van der Waals surface area (Å²) in [6.07, 6.45) is 1.46. The number of rotatable bonds is 2. The van der Waals surface area contributed by atoms with E-state index < -0.39 is 0 Å². The molecule has 3 aromatic rings. The van der Waals surface area contributed by atoms with Crippen molar-refractivity contribution in [1.82, 2.24) is 19.6 Å². The topological polar surface area (TPSA) is 55.1 Å². The van der Waals surface area contributed by atoms with Crippen LogP contribution in [0.4, 0.5) is 11.5 Å². The number of aromatic nitrogens is 4. The molecule has 0 spiro atoms. The summed E-state index contributed by atoms with van der Waals surface area (Å²) in [7, 11) is 0. The summed E-state index contributed by atoms with van der Waals surface area (Å²) in [6.45, 7) is 6.07. The molecular formula is C14H14ClN5. The van der Waals surface area contributed by atoms with Crippen molar-refractivity contribution in [2.24, 2.45) is 0 Å². The smallest absolute Gasteiger partial charge is 0.255 e. The molecule has 1 aromatic carbocycles. The molecule has 102 valence electrons. The van der Waals surface area contributed by atoms with Gasteiger partial charge in [0, 0.05) is 11.3 Å². The first kappa shape index (κ1) is 12.9. The van der Waals surface area contributed by atoms with E-state index in [-0.39, 0.29) is 0 Å². The zero-order valence-electron chi connectivity index (χ0n) is 11.5. The van der Waals surface area contributed by atoms with E-state index in [4.69, 9.17) is 11.6 Å². The summed E-state index contributed by atoms with van der Waals surface area (Å²) >= 11 is 6.14. The molecular weight excluding hydrogens is 274 g/mol. The average Bonchev–Trinajstić information content (AvgIpc) is 2.87. The van der Waals surface area contributed by atoms with Crippen molar-refractivity contribution >= 4 is 28.9 Å². The summed E-state index contributed by atoms with van der Waals surface area (Å²) in [5.41, 5.74) is 4.30. The van der Waals surface area contributed by atoms with Gasteiger partial charge in [0.2, 0.25) is 0 Å². The molecule has 2 aromatic heterocycles. The van der Waals surface area contributed by atoms with Gasteiger partial charge in [0.25, 0.3) is 5.78 Å². The quantitative estimate of drug-likeness (QED) is 0.734. The minimum atomic E-state index is 0.428. The first-order valence-electron chi connectivity index (χ1n) is 6.26. The lowest BCUT2D eigenvalue weighted by molar-refractivity contribution is 0.936. The van der Waals surface area contributed by atoms with E-state index in [1.165, 1.54) is 17.5 Å². The van der Waals surface area contributed by atoms with E-state index in [9.17, 15) is 0 Å². The van der Waals surface area contributed by atoms with E-state index in [0.717, 1.165) is 17.1 Å². The Bertz CT molecular complexity index is 794. The first-order chi connectivity index (χ1) is 9.56. The molecule has 0 aliphatic rings. The fourth-order valence-electron chi connectivity index (χ4n) is 2.00. The number of fused-ring (bicyclic) bond motifs is 1. The maximum absolute atomic E-state index is 6.14. The molecule has 3 rings (SSSR count). The van der Waals surface area contributed by atoms with Gasteiger partial charge in [-0.15, -0.1) is 0 Å². The molecule has 0 saturated heterocycles. The van der Waals surface area contributed by atoms with Crippen LogP contribution in [0.15, 0.2) is 24.5 Å². The molecule has 0 bridgehead atoms. The number of halogens is 1. The van der Waals surface area contributed by atoms with Gasteiger partial charge in [-0.05, 0) is 44.0 Å². The third-order valence-electron chi connectivity index (χ3n) is 3.37. The van der Waals surface area contributed by atoms with Crippen LogP contribution in [0.2, 0.25) is 5.15 Å². The Balaban J connectivity index is 2.11. The third-order valence-corrected chi connectivity index (χ3v) is 3.74. The highest BCUT2D eigenvalue weighted by molar-refractivity contribution is 6.30. The third kappa shape index (κ3) is 2.10. The zero-order chi connectivity index (χ0) is 14.3. The second kappa shape index (κ2) is 4.76. The van der Waals surface area contributed by atoms with E-state index in [1.54, 1.807) is 4.52 Å². The van der Waals surface area contributed by atoms with Crippen LogP contribution in [0.25, 0.3) is 5.78 Å². The predicted octanol–water partition coefficient (Wildman–Crippen LogP) is 3.45. The van der Waals surface area contributed by atoms with Crippen molar-refractivity contribution in [2.75, 3.05) is 5.32 Å². The van der Waals surface area contributed by atoms with E-state index >= 15 is 0 Å². The number of hydrogen-bond donors (Lipinski definition) is 1. The van der Waals surface area contributed by atoms with Crippen LogP contribution < -0.4 is 5.32 Å². The molecule has 20 heavy (non-hydrogen) atoms. The van der Waals surface area contributed by atoms with Crippen LogP contribution in [0.5, 0.6) is 0 Å². The molecule has 0 atom stereocenters. The molecule has 0 saturated carbocycles. The number of hydrogen-bond acceptors (Lipinski definition) is 4. The van der Waals surface area contributed by atoms with Gasteiger partial charge in [-0.3, -0.25) is 0 Å². The number of benzene rings is 1. The van der Waals surface area contributed by atoms with Crippen LogP contribution in [0.3, 0.4) is 0 Å². The number of nitrogens with one attached hydrogen (secondary N) is 1. The highest BCUT2D eigenvalue weighted by atomic mass is 35.5. The second-order valence-corrected chi connectivity index (χ2v) is 5.13. The van der Waals surface area contributed by atoms with Gasteiger partial charge in [0.05, 0.1) is 0 Å². The van der Waals surface area contributed by atoms with Gasteiger partial charge < -0.3 is 5.32 Å². The van der Waals surface area contributed by atoms with Crippen molar-refractivity contribution < 1.29 is 0 Å². The fraction of sp³-hybridized carbons (Fsp3) is 0.214. The maximum Gasteiger partial charge on any atom is 0.255 e. The SMILES string of the molecule is Cc1ccc(Nc2c(C)c(Cl)nc3ncnn23)cc1C. The first-order valence-corrected chi connectivity index (χ1v) is 6.64. The Labute approximate surface area is 121 Å². The number of nitrogens with zero attached hydrogens (tertiary/aromatic N) is 4. The summed E-state index contributed by atoms with van der Waals surface area (Å²) in [6, 6.07) is 6.19. The standard InChI is InChI=1S/C14H14ClN5/c1-8-4-5-11(6-9(8)2)18-13-10(3)12(15)19-14-16-7-17-20(13)14/h4-7,18H,1-3H3. The number of aryl methyl sites for hydroxylation is 2. The fourth-order valence-corrected chi connectivity index (χ4v) is 2.17. The Morgan fingerprint density at radius 2 is 1.95 bits per heavy atom. The van der Waals surface area contributed by atoms with E-state index in [2.05, 4.69) is 46.4 Å². The van der Waals surface area contributed by atoms with Crippen LogP contribution in [-0.4, -0.2) is 19.6 Å². The molecule has 0 fully saturated rings. The van der Waals surface area contributed by atoms with Gasteiger partial charge in [0.1, 0.15) is 17.3 Å². The predicted molar refractivity (Wildman–Crippen MR) is 79.7 cm³/mol. The Hall–Kier alpha value is -2.14. The zero-order valence-corrected chi connectivity index (χ0v) is 12.2. The maximum atomic E-state index is 6.14. The molecule has 0 amide bonds. The highest BCUT2D eigenvalue weighted by Crippen LogP contribution is 2.26. The number of anilines is 2. The normalized spacial score (nSPS) is 11.0. The lowest BCUT2D eigenvalue weighted by Gasteiger charge is -2.12. The molecule has 0 unspecified atom stereocenters. The average molecular weight is 288 g/mol. The van der Waals surface area contributed by atoms with Crippen LogP contribution in [0.1, 0.15) is 16.7 Å². The van der Waals surface area contributed by atoms with Crippen molar-refractivity contribution in [3.8, 4) is 0 Å². The Kier molecular flexibility index (Phi) is 3.06. The summed E-state index contributed by atoms with van der Waals surface area (Å²) in [5, 5.41) is 7.95. The summed E-state index contributed by atoms with van der Waals surface area (Å²) in [4.78, 5) is 8.25. The minimum absolute atomic E-state index is 0.428. The van der Waals surface area contributed by atoms with Crippen LogP contribution in [-0.2, 0) is 0 Å².